The highest BCUT2D eigenvalue weighted by molar-refractivity contribution is 6.33. The highest BCUT2D eigenvalue weighted by Crippen LogP contribution is 2.32. The Balaban J connectivity index is 2.08. The number of hydrogen-bond donors (Lipinski definition) is 0. The van der Waals surface area contributed by atoms with Gasteiger partial charge in [0, 0.05) is 11.3 Å². The second kappa shape index (κ2) is 9.17. The summed E-state index contributed by atoms with van der Waals surface area (Å²) in [4.78, 5) is 12.0. The first-order valence-electron chi connectivity index (χ1n) is 9.22. The molecule has 0 unspecified atom stereocenters. The molecular formula is C23H19Cl2N3O2. The van der Waals surface area contributed by atoms with Crippen molar-refractivity contribution in [2.24, 2.45) is 0 Å². The van der Waals surface area contributed by atoms with Gasteiger partial charge in [-0.15, -0.1) is 0 Å². The summed E-state index contributed by atoms with van der Waals surface area (Å²) >= 11 is 12.4. The number of benzene rings is 2. The molecule has 5 nitrogen and oxygen atoms in total. The molecule has 7 heteroatoms. The van der Waals surface area contributed by atoms with Crippen LogP contribution >= 0.6 is 23.2 Å². The predicted octanol–water partition coefficient (Wildman–Crippen LogP) is 5.77. The van der Waals surface area contributed by atoms with Crippen molar-refractivity contribution in [3.63, 3.8) is 0 Å². The van der Waals surface area contributed by atoms with Crippen LogP contribution in [0.1, 0.15) is 39.8 Å². The van der Waals surface area contributed by atoms with Gasteiger partial charge < -0.3 is 4.74 Å². The topological polar surface area (TPSA) is 67.9 Å². The van der Waals surface area contributed by atoms with Gasteiger partial charge >= 0.3 is 5.97 Å². The quantitative estimate of drug-likeness (QED) is 0.457. The van der Waals surface area contributed by atoms with E-state index < -0.39 is 5.97 Å². The van der Waals surface area contributed by atoms with Crippen molar-refractivity contribution < 1.29 is 9.53 Å². The Morgan fingerprint density at radius 3 is 2.63 bits per heavy atom. The minimum absolute atomic E-state index is 0.310. The van der Waals surface area contributed by atoms with Gasteiger partial charge in [0.1, 0.15) is 6.07 Å². The molecule has 0 amide bonds. The molecule has 0 spiro atoms. The van der Waals surface area contributed by atoms with E-state index in [1.54, 1.807) is 30.3 Å². The summed E-state index contributed by atoms with van der Waals surface area (Å²) in [5.74, 6) is -0.488. The van der Waals surface area contributed by atoms with Crippen LogP contribution in [-0.4, -0.2) is 22.9 Å². The molecule has 0 bridgehead atoms. The van der Waals surface area contributed by atoms with Crippen molar-refractivity contribution in [3.8, 4) is 17.2 Å². The molecule has 3 rings (SSSR count). The third-order valence-corrected chi connectivity index (χ3v) is 5.40. The highest BCUT2D eigenvalue weighted by Gasteiger charge is 2.19. The van der Waals surface area contributed by atoms with E-state index in [4.69, 9.17) is 38.3 Å². The van der Waals surface area contributed by atoms with Crippen molar-refractivity contribution in [1.29, 1.82) is 5.26 Å². The number of aromatic nitrogens is 2. The summed E-state index contributed by atoms with van der Waals surface area (Å²) in [6, 6.07) is 12.6. The lowest BCUT2D eigenvalue weighted by atomic mass is 10.00. The Morgan fingerprint density at radius 1 is 1.27 bits per heavy atom. The van der Waals surface area contributed by atoms with Crippen molar-refractivity contribution in [1.82, 2.24) is 9.78 Å². The molecule has 1 aromatic heterocycles. The first-order chi connectivity index (χ1) is 14.4. The summed E-state index contributed by atoms with van der Waals surface area (Å²) in [5.41, 5.74) is 5.07. The number of ether oxygens (including phenoxy) is 1. The molecule has 0 radical (unpaired) electrons. The first kappa shape index (κ1) is 21.6. The zero-order chi connectivity index (χ0) is 21.8. The Bertz CT molecular complexity index is 1180. The van der Waals surface area contributed by atoms with Gasteiger partial charge in [-0.25, -0.2) is 4.79 Å². The third kappa shape index (κ3) is 4.11. The molecule has 1 heterocycles. The molecule has 0 aliphatic rings. The molecular weight excluding hydrogens is 421 g/mol. The molecule has 0 N–H and O–H groups in total. The normalized spacial score (nSPS) is 10.5. The Morgan fingerprint density at radius 2 is 2.03 bits per heavy atom. The SMILES string of the molecule is C=Cc1nn(Cc2ccc(Cl)c(C(=O)OC)c2)c(CC)c1-c1ccc(C#N)c(Cl)c1. The lowest BCUT2D eigenvalue weighted by Gasteiger charge is -2.10. The number of rotatable bonds is 6. The third-order valence-electron chi connectivity index (χ3n) is 4.76. The molecule has 0 saturated heterocycles. The fourth-order valence-electron chi connectivity index (χ4n) is 3.34. The number of nitriles is 1. The van der Waals surface area contributed by atoms with E-state index in [0.717, 1.165) is 28.1 Å². The van der Waals surface area contributed by atoms with E-state index in [-0.39, 0.29) is 0 Å². The minimum Gasteiger partial charge on any atom is -0.465 e. The number of esters is 1. The molecule has 0 atom stereocenters. The van der Waals surface area contributed by atoms with Gasteiger partial charge in [-0.3, -0.25) is 4.68 Å². The van der Waals surface area contributed by atoms with Gasteiger partial charge in [0.05, 0.1) is 40.5 Å². The van der Waals surface area contributed by atoms with Crippen molar-refractivity contribution >= 4 is 35.2 Å². The fraction of sp³-hybridized carbons (Fsp3) is 0.174. The number of hydrogen-bond acceptors (Lipinski definition) is 4. The molecule has 152 valence electrons. The van der Waals surface area contributed by atoms with E-state index in [1.165, 1.54) is 7.11 Å². The Kier molecular flexibility index (Phi) is 6.61. The van der Waals surface area contributed by atoms with E-state index in [9.17, 15) is 4.79 Å². The largest absolute Gasteiger partial charge is 0.465 e. The second-order valence-corrected chi connectivity index (χ2v) is 7.35. The standard InChI is InChI=1S/C23H19Cl2N3O2/c1-4-20-22(15-7-8-16(12-26)19(25)11-15)21(5-2)28(27-20)13-14-6-9-18(24)17(10-14)23(29)30-3/h4,6-11H,1,5,13H2,2-3H3. The zero-order valence-corrected chi connectivity index (χ0v) is 18.1. The summed E-state index contributed by atoms with van der Waals surface area (Å²) < 4.78 is 6.68. The highest BCUT2D eigenvalue weighted by atomic mass is 35.5. The van der Waals surface area contributed by atoms with E-state index in [2.05, 4.69) is 12.6 Å². The molecule has 30 heavy (non-hydrogen) atoms. The number of methoxy groups -OCH3 is 1. The zero-order valence-electron chi connectivity index (χ0n) is 16.6. The summed E-state index contributed by atoms with van der Waals surface area (Å²) in [7, 11) is 1.32. The molecule has 2 aromatic carbocycles. The van der Waals surface area contributed by atoms with Crippen LogP contribution in [-0.2, 0) is 17.7 Å². The van der Waals surface area contributed by atoms with Crippen molar-refractivity contribution in [2.75, 3.05) is 7.11 Å². The minimum atomic E-state index is -0.488. The van der Waals surface area contributed by atoms with Gasteiger partial charge in [-0.1, -0.05) is 48.8 Å². The number of carbonyl (C=O) groups excluding carboxylic acids is 1. The maximum absolute atomic E-state index is 12.0. The van der Waals surface area contributed by atoms with Crippen LogP contribution in [0.25, 0.3) is 17.2 Å². The van der Waals surface area contributed by atoms with Crippen molar-refractivity contribution in [2.45, 2.75) is 19.9 Å². The maximum Gasteiger partial charge on any atom is 0.339 e. The van der Waals surface area contributed by atoms with Crippen LogP contribution in [0.3, 0.4) is 0 Å². The smallest absolute Gasteiger partial charge is 0.339 e. The molecule has 0 fully saturated rings. The van der Waals surface area contributed by atoms with E-state index in [1.807, 2.05) is 23.7 Å². The van der Waals surface area contributed by atoms with E-state index >= 15 is 0 Å². The van der Waals surface area contributed by atoms with Crippen LogP contribution in [0.5, 0.6) is 0 Å². The average molecular weight is 440 g/mol. The molecule has 0 aliphatic carbocycles. The van der Waals surface area contributed by atoms with Gasteiger partial charge in [0.15, 0.2) is 0 Å². The fourth-order valence-corrected chi connectivity index (χ4v) is 3.75. The van der Waals surface area contributed by atoms with Crippen LogP contribution in [0, 0.1) is 11.3 Å². The summed E-state index contributed by atoms with van der Waals surface area (Å²) in [6.45, 7) is 6.37. The molecule has 0 aliphatic heterocycles. The maximum atomic E-state index is 12.0. The predicted molar refractivity (Wildman–Crippen MR) is 119 cm³/mol. The first-order valence-corrected chi connectivity index (χ1v) is 9.97. The van der Waals surface area contributed by atoms with Crippen LogP contribution in [0.15, 0.2) is 43.0 Å². The average Bonchev–Trinajstić information content (AvgIpc) is 3.11. The molecule has 0 saturated carbocycles. The Labute approximate surface area is 185 Å². The van der Waals surface area contributed by atoms with Gasteiger partial charge in [-0.05, 0) is 47.9 Å². The summed E-state index contributed by atoms with van der Waals surface area (Å²) in [6.07, 6.45) is 2.41. The van der Waals surface area contributed by atoms with Crippen molar-refractivity contribution in [3.05, 3.63) is 81.1 Å². The number of halogens is 2. The van der Waals surface area contributed by atoms with E-state index in [0.29, 0.717) is 34.1 Å². The van der Waals surface area contributed by atoms with Crippen LogP contribution in [0.2, 0.25) is 10.0 Å². The van der Waals surface area contributed by atoms with Gasteiger partial charge in [0.2, 0.25) is 0 Å². The molecule has 3 aromatic rings. The van der Waals surface area contributed by atoms with Crippen LogP contribution < -0.4 is 0 Å². The Hall–Kier alpha value is -3.07. The summed E-state index contributed by atoms with van der Waals surface area (Å²) in [5, 5.41) is 14.6. The lowest BCUT2D eigenvalue weighted by molar-refractivity contribution is 0.0601. The monoisotopic (exact) mass is 439 g/mol. The number of carbonyl (C=O) groups is 1. The second-order valence-electron chi connectivity index (χ2n) is 6.53. The van der Waals surface area contributed by atoms with Gasteiger partial charge in [-0.2, -0.15) is 10.4 Å². The number of nitrogens with zero attached hydrogens (tertiary/aromatic N) is 3. The van der Waals surface area contributed by atoms with Gasteiger partial charge in [0.25, 0.3) is 0 Å². The lowest BCUT2D eigenvalue weighted by Crippen LogP contribution is -2.08. The van der Waals surface area contributed by atoms with Crippen LogP contribution in [0.4, 0.5) is 0 Å².